The molecule has 0 radical (unpaired) electrons. The summed E-state index contributed by atoms with van der Waals surface area (Å²) in [4.78, 5) is 6.70. The van der Waals surface area contributed by atoms with Crippen molar-refractivity contribution in [3.63, 3.8) is 0 Å². The molecular weight excluding hydrogens is 426 g/mol. The Balaban J connectivity index is 1.45. The first kappa shape index (κ1) is 27.2. The molecule has 194 valence electrons. The molecule has 0 spiro atoms. The lowest BCUT2D eigenvalue weighted by molar-refractivity contribution is -0.108. The van der Waals surface area contributed by atoms with E-state index in [0.29, 0.717) is 39.6 Å². The molecule has 3 saturated heterocycles. The maximum atomic E-state index is 9.54. The van der Waals surface area contributed by atoms with E-state index in [9.17, 15) is 15.3 Å². The van der Waals surface area contributed by atoms with Gasteiger partial charge >= 0.3 is 0 Å². The summed E-state index contributed by atoms with van der Waals surface area (Å²) in [6.07, 6.45) is 0.284. The topological polar surface area (TPSA) is 98.1 Å². The highest BCUT2D eigenvalue weighted by molar-refractivity contribution is 4.86. The summed E-state index contributed by atoms with van der Waals surface area (Å²) < 4.78 is 18.5. The molecule has 3 aliphatic heterocycles. The van der Waals surface area contributed by atoms with Crippen molar-refractivity contribution in [2.45, 2.75) is 70.6 Å². The molecule has 3 fully saturated rings. The molecule has 0 aromatic heterocycles. The Morgan fingerprint density at radius 1 is 0.636 bits per heavy atom. The molecule has 3 N–H and O–H groups in total. The van der Waals surface area contributed by atoms with Crippen molar-refractivity contribution in [3.05, 3.63) is 0 Å². The van der Waals surface area contributed by atoms with Gasteiger partial charge in [0, 0.05) is 62.8 Å². The number of hydrogen-bond acceptors (Lipinski definition) is 9. The second kappa shape index (κ2) is 12.6. The van der Waals surface area contributed by atoms with Gasteiger partial charge in [-0.1, -0.05) is 6.92 Å². The maximum Gasteiger partial charge on any atom is 0.0794 e. The van der Waals surface area contributed by atoms with Crippen molar-refractivity contribution in [1.82, 2.24) is 14.7 Å². The standard InChI is InChI=1S/C24H47N3O6/c1-5-24(15-31-12-18(2)25-6-21(28)7-25,16-32-13-19(3)26-8-22(29)9-26)17-33-14-20(4)27-10-23(30)11-27/h18-23,28-30H,5-17H2,1-4H3. The van der Waals surface area contributed by atoms with Crippen LogP contribution in [0.1, 0.15) is 34.1 Å². The van der Waals surface area contributed by atoms with Crippen LogP contribution in [0.15, 0.2) is 0 Å². The summed E-state index contributed by atoms with van der Waals surface area (Å²) in [5.74, 6) is 0. The van der Waals surface area contributed by atoms with Crippen molar-refractivity contribution in [3.8, 4) is 0 Å². The van der Waals surface area contributed by atoms with Gasteiger partial charge in [0.2, 0.25) is 0 Å². The van der Waals surface area contributed by atoms with E-state index in [0.717, 1.165) is 45.7 Å². The molecule has 0 aromatic rings. The largest absolute Gasteiger partial charge is 0.390 e. The number of rotatable bonds is 16. The second-order valence-corrected chi connectivity index (χ2v) is 10.8. The SMILES string of the molecule is CCC(COCC(C)N1CC(O)C1)(COCC(C)N1CC(O)C1)COCC(C)N1CC(O)C1. The Bertz CT molecular complexity index is 492. The van der Waals surface area contributed by atoms with Crippen molar-refractivity contribution >= 4 is 0 Å². The van der Waals surface area contributed by atoms with Crippen LogP contribution in [0.3, 0.4) is 0 Å². The molecule has 3 unspecified atom stereocenters. The Morgan fingerprint density at radius 2 is 0.909 bits per heavy atom. The van der Waals surface area contributed by atoms with E-state index in [2.05, 4.69) is 42.4 Å². The zero-order valence-corrected chi connectivity index (χ0v) is 21.1. The summed E-state index contributed by atoms with van der Waals surface area (Å²) in [7, 11) is 0. The number of aliphatic hydroxyl groups excluding tert-OH is 3. The van der Waals surface area contributed by atoms with E-state index in [-0.39, 0.29) is 41.9 Å². The molecule has 33 heavy (non-hydrogen) atoms. The Kier molecular flexibility index (Phi) is 10.4. The van der Waals surface area contributed by atoms with Gasteiger partial charge in [-0.25, -0.2) is 0 Å². The molecule has 0 saturated carbocycles. The van der Waals surface area contributed by atoms with Gasteiger partial charge in [-0.05, 0) is 27.2 Å². The van der Waals surface area contributed by atoms with Crippen LogP contribution in [-0.2, 0) is 14.2 Å². The fourth-order valence-corrected chi connectivity index (χ4v) is 4.63. The fourth-order valence-electron chi connectivity index (χ4n) is 4.63. The third-order valence-electron chi connectivity index (χ3n) is 7.59. The van der Waals surface area contributed by atoms with E-state index in [1.54, 1.807) is 0 Å². The third-order valence-corrected chi connectivity index (χ3v) is 7.59. The van der Waals surface area contributed by atoms with Crippen LogP contribution in [0.4, 0.5) is 0 Å². The molecular formula is C24H47N3O6. The minimum Gasteiger partial charge on any atom is -0.390 e. The van der Waals surface area contributed by atoms with Crippen molar-refractivity contribution in [2.24, 2.45) is 5.41 Å². The van der Waals surface area contributed by atoms with Gasteiger partial charge in [0.1, 0.15) is 0 Å². The number of aliphatic hydroxyl groups is 3. The third kappa shape index (κ3) is 7.81. The maximum absolute atomic E-state index is 9.54. The number of ether oxygens (including phenoxy) is 3. The predicted molar refractivity (Wildman–Crippen MR) is 126 cm³/mol. The Labute approximate surface area is 199 Å². The predicted octanol–water partition coefficient (Wildman–Crippen LogP) is -0.372. The van der Waals surface area contributed by atoms with Crippen LogP contribution in [-0.4, -0.2) is 145 Å². The van der Waals surface area contributed by atoms with Gasteiger partial charge in [-0.2, -0.15) is 0 Å². The molecule has 0 aliphatic carbocycles. The average Bonchev–Trinajstić information content (AvgIpc) is 2.71. The lowest BCUT2D eigenvalue weighted by Gasteiger charge is -2.42. The molecule has 3 rings (SSSR count). The number of hydrogen-bond donors (Lipinski definition) is 3. The van der Waals surface area contributed by atoms with Gasteiger partial charge < -0.3 is 29.5 Å². The Morgan fingerprint density at radius 3 is 1.12 bits per heavy atom. The highest BCUT2D eigenvalue weighted by atomic mass is 16.5. The molecule has 9 heteroatoms. The molecule has 0 aromatic carbocycles. The lowest BCUT2D eigenvalue weighted by atomic mass is 9.88. The van der Waals surface area contributed by atoms with E-state index in [4.69, 9.17) is 14.2 Å². The van der Waals surface area contributed by atoms with E-state index in [1.165, 1.54) is 0 Å². The van der Waals surface area contributed by atoms with E-state index < -0.39 is 0 Å². The summed E-state index contributed by atoms with van der Waals surface area (Å²) >= 11 is 0. The number of β-amino-alcohol motifs (C(OH)–C–C–N with tert-alkyl or cyclic N) is 3. The minimum absolute atomic E-state index is 0.201. The molecule has 9 nitrogen and oxygen atoms in total. The van der Waals surface area contributed by atoms with Crippen LogP contribution < -0.4 is 0 Å². The average molecular weight is 474 g/mol. The van der Waals surface area contributed by atoms with Crippen molar-refractivity contribution in [1.29, 1.82) is 0 Å². The highest BCUT2D eigenvalue weighted by Gasteiger charge is 2.34. The second-order valence-electron chi connectivity index (χ2n) is 10.8. The molecule has 0 amide bonds. The molecule has 3 atom stereocenters. The Hall–Kier alpha value is -0.360. The van der Waals surface area contributed by atoms with Crippen molar-refractivity contribution in [2.75, 3.05) is 78.9 Å². The summed E-state index contributed by atoms with van der Waals surface area (Å²) in [6.45, 7) is 16.5. The first-order chi connectivity index (χ1) is 15.7. The fraction of sp³-hybridized carbons (Fsp3) is 1.00. The van der Waals surface area contributed by atoms with Crippen LogP contribution in [0.2, 0.25) is 0 Å². The van der Waals surface area contributed by atoms with Gasteiger partial charge in [0.15, 0.2) is 0 Å². The molecule has 0 bridgehead atoms. The normalized spacial score (nSPS) is 26.3. The first-order valence-corrected chi connectivity index (χ1v) is 12.7. The zero-order valence-electron chi connectivity index (χ0n) is 21.1. The monoisotopic (exact) mass is 473 g/mol. The van der Waals surface area contributed by atoms with E-state index >= 15 is 0 Å². The quantitative estimate of drug-likeness (QED) is 0.277. The van der Waals surface area contributed by atoms with E-state index in [1.807, 2.05) is 0 Å². The van der Waals surface area contributed by atoms with Gasteiger partial charge in [-0.15, -0.1) is 0 Å². The van der Waals surface area contributed by atoms with Crippen LogP contribution in [0.25, 0.3) is 0 Å². The van der Waals surface area contributed by atoms with Crippen molar-refractivity contribution < 1.29 is 29.5 Å². The van der Waals surface area contributed by atoms with Gasteiger partial charge in [0.25, 0.3) is 0 Å². The smallest absolute Gasteiger partial charge is 0.0794 e. The summed E-state index contributed by atoms with van der Waals surface area (Å²) in [6, 6.07) is 0.835. The van der Waals surface area contributed by atoms with Crippen LogP contribution in [0.5, 0.6) is 0 Å². The summed E-state index contributed by atoms with van der Waals surface area (Å²) in [5.41, 5.74) is -0.226. The van der Waals surface area contributed by atoms with Gasteiger partial charge in [-0.3, -0.25) is 14.7 Å². The summed E-state index contributed by atoms with van der Waals surface area (Å²) in [5, 5.41) is 28.6. The highest BCUT2D eigenvalue weighted by Crippen LogP contribution is 2.26. The molecule has 3 aliphatic rings. The minimum atomic E-state index is -0.226. The first-order valence-electron chi connectivity index (χ1n) is 12.7. The lowest BCUT2D eigenvalue weighted by Crippen LogP contribution is -2.56. The number of likely N-dealkylation sites (tertiary alicyclic amines) is 3. The number of nitrogens with zero attached hydrogens (tertiary/aromatic N) is 3. The van der Waals surface area contributed by atoms with Crippen LogP contribution >= 0.6 is 0 Å². The van der Waals surface area contributed by atoms with Crippen LogP contribution in [0, 0.1) is 5.41 Å². The zero-order chi connectivity index (χ0) is 24.0. The van der Waals surface area contributed by atoms with Gasteiger partial charge in [0.05, 0.1) is 58.0 Å². The molecule has 3 heterocycles.